The van der Waals surface area contributed by atoms with Crippen molar-refractivity contribution in [1.82, 2.24) is 4.98 Å². The van der Waals surface area contributed by atoms with E-state index in [9.17, 15) is 14.5 Å². The average Bonchev–Trinajstić information content (AvgIpc) is 2.75. The van der Waals surface area contributed by atoms with Crippen LogP contribution in [0.15, 0.2) is 23.7 Å². The summed E-state index contributed by atoms with van der Waals surface area (Å²) in [6.45, 7) is 2.29. The molecule has 1 aromatic heterocycles. The van der Waals surface area contributed by atoms with Gasteiger partial charge >= 0.3 is 5.69 Å². The number of hydrogen-bond donors (Lipinski definition) is 0. The van der Waals surface area contributed by atoms with Gasteiger partial charge in [-0.1, -0.05) is 0 Å². The molecule has 0 aliphatic rings. The smallest absolute Gasteiger partial charge is 0.305 e. The minimum atomic E-state index is -0.892. The van der Waals surface area contributed by atoms with Gasteiger partial charge in [0.15, 0.2) is 0 Å². The molecule has 5 nitrogen and oxygen atoms in total. The molecule has 2 rings (SSSR count). The van der Waals surface area contributed by atoms with E-state index in [1.54, 1.807) is 5.51 Å². The summed E-state index contributed by atoms with van der Waals surface area (Å²) >= 11 is 1.54. The maximum absolute atomic E-state index is 13.3. The summed E-state index contributed by atoms with van der Waals surface area (Å²) in [7, 11) is 0. The molecule has 0 bridgehead atoms. The monoisotopic (exact) mass is 282 g/mol. The zero-order valence-electron chi connectivity index (χ0n) is 10.1. The van der Waals surface area contributed by atoms with E-state index < -0.39 is 16.4 Å². The number of benzene rings is 1. The fraction of sp³-hybridized carbons (Fsp3) is 0.250. The number of hydrogen-bond acceptors (Lipinski definition) is 5. The first-order chi connectivity index (χ1) is 9.08. The summed E-state index contributed by atoms with van der Waals surface area (Å²) in [5.41, 5.74) is 2.17. The fourth-order valence-electron chi connectivity index (χ4n) is 1.55. The maximum Gasteiger partial charge on any atom is 0.305 e. The van der Waals surface area contributed by atoms with Gasteiger partial charge in [0.2, 0.25) is 5.82 Å². The third-order valence-corrected chi connectivity index (χ3v) is 3.55. The Bertz CT molecular complexity index is 600. The SMILES string of the molecule is Cc1ncsc1CCOc1ccc([N+](=O)[O-])c(F)c1. The van der Waals surface area contributed by atoms with Crippen LogP contribution in [0.4, 0.5) is 10.1 Å². The van der Waals surface area contributed by atoms with E-state index in [1.807, 2.05) is 6.92 Å². The summed E-state index contributed by atoms with van der Waals surface area (Å²) < 4.78 is 18.7. The number of aryl methyl sites for hydroxylation is 1. The normalized spacial score (nSPS) is 10.4. The summed E-state index contributed by atoms with van der Waals surface area (Å²) in [6, 6.07) is 3.51. The van der Waals surface area contributed by atoms with Gasteiger partial charge in [0.05, 0.1) is 22.7 Å². The first kappa shape index (κ1) is 13.4. The number of thiazole rings is 1. The number of nitro benzene ring substituents is 1. The van der Waals surface area contributed by atoms with Crippen LogP contribution in [0.2, 0.25) is 0 Å². The van der Waals surface area contributed by atoms with Gasteiger partial charge < -0.3 is 4.74 Å². The first-order valence-corrected chi connectivity index (χ1v) is 6.41. The molecule has 0 aliphatic heterocycles. The van der Waals surface area contributed by atoms with E-state index in [4.69, 9.17) is 4.74 Å². The third-order valence-electron chi connectivity index (χ3n) is 2.56. The zero-order valence-corrected chi connectivity index (χ0v) is 10.9. The molecule has 2 aromatic rings. The molecule has 7 heteroatoms. The van der Waals surface area contributed by atoms with Crippen molar-refractivity contribution in [2.75, 3.05) is 6.61 Å². The lowest BCUT2D eigenvalue weighted by atomic mass is 10.3. The molecule has 0 saturated carbocycles. The van der Waals surface area contributed by atoms with Gasteiger partial charge in [0.25, 0.3) is 0 Å². The van der Waals surface area contributed by atoms with Crippen LogP contribution >= 0.6 is 11.3 Å². The second-order valence-corrected chi connectivity index (χ2v) is 4.77. The van der Waals surface area contributed by atoms with Crippen LogP contribution in [0.5, 0.6) is 5.75 Å². The Morgan fingerprint density at radius 1 is 1.53 bits per heavy atom. The van der Waals surface area contributed by atoms with E-state index >= 15 is 0 Å². The Balaban J connectivity index is 1.95. The molecule has 0 unspecified atom stereocenters. The van der Waals surface area contributed by atoms with Crippen molar-refractivity contribution >= 4 is 17.0 Å². The van der Waals surface area contributed by atoms with E-state index in [0.29, 0.717) is 13.0 Å². The number of aromatic nitrogens is 1. The molecule has 0 radical (unpaired) electrons. The standard InChI is InChI=1S/C12H11FN2O3S/c1-8-12(19-7-14-8)4-5-18-9-2-3-11(15(16)17)10(13)6-9/h2-3,6-7H,4-5H2,1H3. The van der Waals surface area contributed by atoms with E-state index in [-0.39, 0.29) is 5.75 Å². The van der Waals surface area contributed by atoms with Crippen LogP contribution in [0, 0.1) is 22.9 Å². The fourth-order valence-corrected chi connectivity index (χ4v) is 2.32. The summed E-state index contributed by atoms with van der Waals surface area (Å²) in [6.07, 6.45) is 0.676. The molecule has 0 amide bonds. The van der Waals surface area contributed by atoms with E-state index in [0.717, 1.165) is 22.7 Å². The molecule has 0 fully saturated rings. The molecule has 1 aromatic carbocycles. The topological polar surface area (TPSA) is 65.3 Å². The lowest BCUT2D eigenvalue weighted by Gasteiger charge is -2.05. The Kier molecular flexibility index (Phi) is 4.06. The Morgan fingerprint density at radius 3 is 2.89 bits per heavy atom. The Labute approximate surface area is 112 Å². The van der Waals surface area contributed by atoms with Crippen molar-refractivity contribution in [2.24, 2.45) is 0 Å². The maximum atomic E-state index is 13.3. The van der Waals surface area contributed by atoms with Crippen LogP contribution in [0.1, 0.15) is 10.6 Å². The quantitative estimate of drug-likeness (QED) is 0.624. The van der Waals surface area contributed by atoms with Gasteiger partial charge in [0.1, 0.15) is 5.75 Å². The minimum Gasteiger partial charge on any atom is -0.493 e. The highest BCUT2D eigenvalue weighted by molar-refractivity contribution is 7.09. The third kappa shape index (κ3) is 3.25. The molecule has 100 valence electrons. The zero-order chi connectivity index (χ0) is 13.8. The van der Waals surface area contributed by atoms with Crippen molar-refractivity contribution in [1.29, 1.82) is 0 Å². The van der Waals surface area contributed by atoms with Crippen LogP contribution in [0.25, 0.3) is 0 Å². The van der Waals surface area contributed by atoms with Crippen LogP contribution in [-0.2, 0) is 6.42 Å². The van der Waals surface area contributed by atoms with Gasteiger partial charge in [-0.05, 0) is 13.0 Å². The van der Waals surface area contributed by atoms with Crippen molar-refractivity contribution in [3.05, 3.63) is 50.2 Å². The average molecular weight is 282 g/mol. The molecule has 19 heavy (non-hydrogen) atoms. The molecular weight excluding hydrogens is 271 g/mol. The minimum absolute atomic E-state index is 0.283. The number of ether oxygens (including phenoxy) is 1. The molecule has 0 N–H and O–H groups in total. The first-order valence-electron chi connectivity index (χ1n) is 5.53. The Hall–Kier alpha value is -2.02. The van der Waals surface area contributed by atoms with Crippen molar-refractivity contribution in [3.63, 3.8) is 0 Å². The lowest BCUT2D eigenvalue weighted by Crippen LogP contribution is -2.02. The van der Waals surface area contributed by atoms with Crippen molar-refractivity contribution in [2.45, 2.75) is 13.3 Å². The van der Waals surface area contributed by atoms with Gasteiger partial charge in [-0.25, -0.2) is 4.98 Å². The van der Waals surface area contributed by atoms with Crippen LogP contribution < -0.4 is 4.74 Å². The van der Waals surface area contributed by atoms with Crippen molar-refractivity contribution < 1.29 is 14.1 Å². The largest absolute Gasteiger partial charge is 0.493 e. The molecule has 0 atom stereocenters. The van der Waals surface area contributed by atoms with Gasteiger partial charge in [0, 0.05) is 23.4 Å². The van der Waals surface area contributed by atoms with Crippen LogP contribution in [0.3, 0.4) is 0 Å². The highest BCUT2D eigenvalue weighted by Gasteiger charge is 2.14. The number of nitro groups is 1. The predicted octanol–water partition coefficient (Wildman–Crippen LogP) is 3.12. The molecular formula is C12H11FN2O3S. The van der Waals surface area contributed by atoms with Gasteiger partial charge in [-0.2, -0.15) is 4.39 Å². The summed E-state index contributed by atoms with van der Waals surface area (Å²) in [4.78, 5) is 14.9. The second-order valence-electron chi connectivity index (χ2n) is 3.83. The summed E-state index contributed by atoms with van der Waals surface area (Å²) in [5, 5.41) is 10.5. The highest BCUT2D eigenvalue weighted by Crippen LogP contribution is 2.22. The van der Waals surface area contributed by atoms with Crippen molar-refractivity contribution in [3.8, 4) is 5.75 Å². The van der Waals surface area contributed by atoms with E-state index in [1.165, 1.54) is 17.4 Å². The predicted molar refractivity (Wildman–Crippen MR) is 69.1 cm³/mol. The number of rotatable bonds is 5. The van der Waals surface area contributed by atoms with E-state index in [2.05, 4.69) is 4.98 Å². The second kappa shape index (κ2) is 5.75. The highest BCUT2D eigenvalue weighted by atomic mass is 32.1. The van der Waals surface area contributed by atoms with Crippen LogP contribution in [-0.4, -0.2) is 16.5 Å². The summed E-state index contributed by atoms with van der Waals surface area (Å²) in [5.74, 6) is -0.610. The molecule has 0 saturated heterocycles. The lowest BCUT2D eigenvalue weighted by molar-refractivity contribution is -0.387. The Morgan fingerprint density at radius 2 is 2.32 bits per heavy atom. The molecule has 1 heterocycles. The van der Waals surface area contributed by atoms with Gasteiger partial charge in [-0.3, -0.25) is 10.1 Å². The van der Waals surface area contributed by atoms with Gasteiger partial charge in [-0.15, -0.1) is 11.3 Å². The number of halogens is 1. The molecule has 0 aliphatic carbocycles. The molecule has 0 spiro atoms. The number of nitrogens with zero attached hydrogens (tertiary/aromatic N) is 2.